The van der Waals surface area contributed by atoms with Crippen molar-refractivity contribution in [3.63, 3.8) is 0 Å². The molecule has 9 nitrogen and oxygen atoms in total. The second-order valence-electron chi connectivity index (χ2n) is 17.1. The van der Waals surface area contributed by atoms with Gasteiger partial charge >= 0.3 is 17.9 Å². The largest absolute Gasteiger partial charge is 0.465 e. The van der Waals surface area contributed by atoms with Crippen LogP contribution in [0.3, 0.4) is 0 Å². The Bertz CT molecular complexity index is 1200. The molecule has 0 bridgehead atoms. The van der Waals surface area contributed by atoms with Gasteiger partial charge in [-0.2, -0.15) is 0 Å². The van der Waals surface area contributed by atoms with E-state index >= 15 is 0 Å². The van der Waals surface area contributed by atoms with Crippen molar-refractivity contribution in [3.8, 4) is 0 Å². The predicted octanol–water partition coefficient (Wildman–Crippen LogP) is 5.37. The summed E-state index contributed by atoms with van der Waals surface area (Å²) in [5.74, 6) is -1.14. The Labute approximate surface area is 275 Å². The van der Waals surface area contributed by atoms with Gasteiger partial charge in [-0.3, -0.25) is 14.4 Å². The molecule has 12 atom stereocenters. The summed E-state index contributed by atoms with van der Waals surface area (Å²) in [4.78, 5) is 36.3. The SMILES string of the molecule is C=CCC1[C@@]2(C)CC[C@H](OC(C)=O)[C@](C)(COC(C)=O)C2CC[C@@]1(C)[C@@]1(C)CC2CC(C)(C)[C@@H](OC(C)=O)[C@H](O)[C@]2(CO)[C@H](O)C1. The van der Waals surface area contributed by atoms with Crippen LogP contribution in [0.2, 0.25) is 0 Å². The molecule has 3 N–H and O–H groups in total. The summed E-state index contributed by atoms with van der Waals surface area (Å²) in [6.45, 7) is 21.2. The first kappa shape index (κ1) is 36.9. The average molecular weight is 649 g/mol. The van der Waals surface area contributed by atoms with Crippen molar-refractivity contribution in [2.45, 2.75) is 138 Å². The third-order valence-electron chi connectivity index (χ3n) is 14.1. The number of aliphatic hydroxyl groups is 3. The standard InChI is InChI=1S/C37H60O9/c1-11-12-27-34(8)15-14-29(45-23(3)40)35(9,21-44-22(2)39)26(34)13-16-36(27,10)33(7)18-25-17-32(5,6)31(46-24(4)41)30(43)37(25,20-38)28(42)19-33/h11,25-31,38,42-43H,1,12-21H2,2-10H3/t25?,26?,27?,28-,29+,30+,31+,33+,34+,35-,36-,37+/m1/s1. The second-order valence-corrected chi connectivity index (χ2v) is 17.1. The molecule has 4 fully saturated rings. The van der Waals surface area contributed by atoms with Crippen LogP contribution in [0.1, 0.15) is 114 Å². The molecule has 0 aliphatic heterocycles. The molecule has 262 valence electrons. The summed E-state index contributed by atoms with van der Waals surface area (Å²) >= 11 is 0. The second kappa shape index (κ2) is 12.5. The molecule has 46 heavy (non-hydrogen) atoms. The summed E-state index contributed by atoms with van der Waals surface area (Å²) in [5, 5.41) is 34.8. The van der Waals surface area contributed by atoms with E-state index < -0.39 is 47.1 Å². The molecular formula is C37H60O9. The van der Waals surface area contributed by atoms with Gasteiger partial charge in [0.05, 0.1) is 18.1 Å². The van der Waals surface area contributed by atoms with Crippen LogP contribution in [0.4, 0.5) is 0 Å². The van der Waals surface area contributed by atoms with Crippen LogP contribution in [0, 0.1) is 50.2 Å². The zero-order valence-electron chi connectivity index (χ0n) is 29.7. The fourth-order valence-electron chi connectivity index (χ4n) is 11.7. The molecular weight excluding hydrogens is 588 g/mol. The molecule has 9 heteroatoms. The van der Waals surface area contributed by atoms with Crippen molar-refractivity contribution >= 4 is 17.9 Å². The normalized spacial score (nSPS) is 46.7. The lowest BCUT2D eigenvalue weighted by atomic mass is 9.35. The third-order valence-corrected chi connectivity index (χ3v) is 14.1. The van der Waals surface area contributed by atoms with Gasteiger partial charge in [0.25, 0.3) is 0 Å². The van der Waals surface area contributed by atoms with E-state index in [9.17, 15) is 29.7 Å². The van der Waals surface area contributed by atoms with Crippen molar-refractivity contribution in [2.75, 3.05) is 13.2 Å². The monoisotopic (exact) mass is 648 g/mol. The third kappa shape index (κ3) is 5.64. The van der Waals surface area contributed by atoms with E-state index in [0.29, 0.717) is 25.7 Å². The highest BCUT2D eigenvalue weighted by atomic mass is 16.6. The highest BCUT2D eigenvalue weighted by Crippen LogP contribution is 2.73. The Hall–Kier alpha value is -1.97. The van der Waals surface area contributed by atoms with Gasteiger partial charge in [-0.25, -0.2) is 0 Å². The number of allylic oxidation sites excluding steroid dienone is 1. The summed E-state index contributed by atoms with van der Waals surface area (Å²) in [5.41, 5.74) is -3.17. The molecule has 4 saturated carbocycles. The predicted molar refractivity (Wildman–Crippen MR) is 173 cm³/mol. The first-order chi connectivity index (χ1) is 21.2. The molecule has 4 rings (SSSR count). The maximum Gasteiger partial charge on any atom is 0.303 e. The average Bonchev–Trinajstić information content (AvgIpc) is 2.93. The minimum atomic E-state index is -1.21. The summed E-state index contributed by atoms with van der Waals surface area (Å²) in [6.07, 6.45) is 4.16. The van der Waals surface area contributed by atoms with Gasteiger partial charge in [-0.1, -0.05) is 47.6 Å². The van der Waals surface area contributed by atoms with E-state index in [1.54, 1.807) is 0 Å². The smallest absolute Gasteiger partial charge is 0.303 e. The number of hydrogen-bond acceptors (Lipinski definition) is 9. The van der Waals surface area contributed by atoms with Gasteiger partial charge in [0, 0.05) is 31.6 Å². The first-order valence-corrected chi connectivity index (χ1v) is 17.2. The minimum absolute atomic E-state index is 0.101. The van der Waals surface area contributed by atoms with Gasteiger partial charge in [0.15, 0.2) is 0 Å². The molecule has 0 saturated heterocycles. The molecule has 0 aromatic heterocycles. The molecule has 0 aromatic carbocycles. The Kier molecular flexibility index (Phi) is 10.0. The summed E-state index contributed by atoms with van der Waals surface area (Å²) < 4.78 is 17.2. The maximum absolute atomic E-state index is 12.2. The minimum Gasteiger partial charge on any atom is -0.465 e. The van der Waals surface area contributed by atoms with Crippen LogP contribution in [-0.2, 0) is 28.6 Å². The number of ether oxygens (including phenoxy) is 3. The zero-order valence-corrected chi connectivity index (χ0v) is 29.7. The number of carbonyl (C=O) groups excluding carboxylic acids is 3. The van der Waals surface area contributed by atoms with E-state index in [2.05, 4.69) is 34.3 Å². The van der Waals surface area contributed by atoms with Crippen molar-refractivity contribution < 1.29 is 43.9 Å². The zero-order chi connectivity index (χ0) is 34.7. The molecule has 3 unspecified atom stereocenters. The number of fused-ring (bicyclic) bond motifs is 2. The maximum atomic E-state index is 12.2. The lowest BCUT2D eigenvalue weighted by Gasteiger charge is -2.70. The molecule has 0 radical (unpaired) electrons. The molecule has 4 aliphatic carbocycles. The lowest BCUT2D eigenvalue weighted by molar-refractivity contribution is -0.278. The van der Waals surface area contributed by atoms with E-state index in [0.717, 1.165) is 25.7 Å². The van der Waals surface area contributed by atoms with Crippen molar-refractivity contribution in [3.05, 3.63) is 12.7 Å². The fraction of sp³-hybridized carbons (Fsp3) is 0.865. The van der Waals surface area contributed by atoms with Crippen molar-refractivity contribution in [1.29, 1.82) is 0 Å². The number of esters is 3. The molecule has 0 amide bonds. The van der Waals surface area contributed by atoms with Gasteiger partial charge in [0.1, 0.15) is 24.9 Å². The van der Waals surface area contributed by atoms with Crippen molar-refractivity contribution in [2.24, 2.45) is 50.2 Å². The van der Waals surface area contributed by atoms with Crippen molar-refractivity contribution in [1.82, 2.24) is 0 Å². The van der Waals surface area contributed by atoms with Gasteiger partial charge in [-0.15, -0.1) is 6.58 Å². The number of hydrogen-bond donors (Lipinski definition) is 3. The fourth-order valence-corrected chi connectivity index (χ4v) is 11.7. The highest BCUT2D eigenvalue weighted by Gasteiger charge is 2.70. The lowest BCUT2D eigenvalue weighted by Crippen LogP contribution is -2.70. The molecule has 0 aromatic rings. The van der Waals surface area contributed by atoms with Crippen LogP contribution in [-0.4, -0.2) is 70.9 Å². The topological polar surface area (TPSA) is 140 Å². The van der Waals surface area contributed by atoms with Crippen LogP contribution in [0.25, 0.3) is 0 Å². The van der Waals surface area contributed by atoms with Gasteiger partial charge in [-0.05, 0) is 85.4 Å². The van der Waals surface area contributed by atoms with E-state index in [-0.39, 0.29) is 58.6 Å². The Morgan fingerprint density at radius 3 is 2.04 bits per heavy atom. The first-order valence-electron chi connectivity index (χ1n) is 17.2. The highest BCUT2D eigenvalue weighted by molar-refractivity contribution is 5.67. The summed E-state index contributed by atoms with van der Waals surface area (Å²) in [7, 11) is 0. The Balaban J connectivity index is 1.76. The molecule has 4 aliphatic rings. The van der Waals surface area contributed by atoms with Gasteiger partial charge < -0.3 is 29.5 Å². The number of aliphatic hydroxyl groups excluding tert-OH is 3. The van der Waals surface area contributed by atoms with Crippen LogP contribution in [0.15, 0.2) is 12.7 Å². The quantitative estimate of drug-likeness (QED) is 0.180. The van der Waals surface area contributed by atoms with Crippen LogP contribution in [0.5, 0.6) is 0 Å². The van der Waals surface area contributed by atoms with Crippen LogP contribution < -0.4 is 0 Å². The van der Waals surface area contributed by atoms with E-state index in [1.165, 1.54) is 20.8 Å². The van der Waals surface area contributed by atoms with E-state index in [1.807, 2.05) is 19.9 Å². The Morgan fingerprint density at radius 2 is 1.50 bits per heavy atom. The van der Waals surface area contributed by atoms with Crippen LogP contribution >= 0.6 is 0 Å². The van der Waals surface area contributed by atoms with Gasteiger partial charge in [0.2, 0.25) is 0 Å². The molecule has 0 heterocycles. The number of carbonyl (C=O) groups is 3. The summed E-state index contributed by atoms with van der Waals surface area (Å²) in [6, 6.07) is 0. The number of rotatable bonds is 8. The Morgan fingerprint density at radius 1 is 0.870 bits per heavy atom. The molecule has 0 spiro atoms. The van der Waals surface area contributed by atoms with E-state index in [4.69, 9.17) is 14.2 Å².